The van der Waals surface area contributed by atoms with E-state index in [0.717, 1.165) is 30.6 Å². The molecule has 2 nitrogen and oxygen atoms in total. The van der Waals surface area contributed by atoms with E-state index >= 15 is 0 Å². The van der Waals surface area contributed by atoms with Crippen LogP contribution in [-0.4, -0.2) is 11.5 Å². The number of aromatic nitrogens is 1. The van der Waals surface area contributed by atoms with Gasteiger partial charge in [-0.1, -0.05) is 42.3 Å². The van der Waals surface area contributed by atoms with Gasteiger partial charge in [0.25, 0.3) is 0 Å². The number of hydrogen-bond donors (Lipinski definition) is 1. The molecule has 1 heterocycles. The Hall–Kier alpha value is -1.09. The van der Waals surface area contributed by atoms with Crippen LogP contribution in [0.5, 0.6) is 0 Å². The molecule has 0 aliphatic rings. The van der Waals surface area contributed by atoms with Crippen LogP contribution in [0.25, 0.3) is 0 Å². The monoisotopic (exact) mass is 322 g/mol. The number of benzene rings is 1. The van der Waals surface area contributed by atoms with E-state index in [1.54, 1.807) is 6.07 Å². The van der Waals surface area contributed by atoms with Gasteiger partial charge in [-0.25, -0.2) is 0 Å². The molecule has 1 atom stereocenters. The fourth-order valence-corrected chi connectivity index (χ4v) is 2.76. The molecule has 1 unspecified atom stereocenters. The number of hydrogen-bond acceptors (Lipinski definition) is 2. The normalized spacial score (nSPS) is 12.4. The summed E-state index contributed by atoms with van der Waals surface area (Å²) in [6.45, 7) is 5.13. The Morgan fingerprint density at radius 2 is 2.00 bits per heavy atom. The second-order valence-corrected chi connectivity index (χ2v) is 6.05. The van der Waals surface area contributed by atoms with E-state index in [1.165, 1.54) is 5.56 Å². The summed E-state index contributed by atoms with van der Waals surface area (Å²) >= 11 is 12.3. The molecule has 4 heteroatoms. The second kappa shape index (κ2) is 7.79. The van der Waals surface area contributed by atoms with Crippen LogP contribution in [0.2, 0.25) is 10.0 Å². The topological polar surface area (TPSA) is 24.9 Å². The molecule has 1 N–H and O–H groups in total. The highest BCUT2D eigenvalue weighted by molar-refractivity contribution is 6.35. The number of nitrogens with one attached hydrogen (secondary N) is 1. The lowest BCUT2D eigenvalue weighted by Crippen LogP contribution is -2.24. The lowest BCUT2D eigenvalue weighted by atomic mass is 10.0. The molecule has 0 saturated heterocycles. The van der Waals surface area contributed by atoms with Crippen molar-refractivity contribution >= 4 is 23.2 Å². The van der Waals surface area contributed by atoms with Crippen LogP contribution in [0.15, 0.2) is 36.5 Å². The molecule has 0 aliphatic carbocycles. The van der Waals surface area contributed by atoms with Crippen molar-refractivity contribution in [3.63, 3.8) is 0 Å². The zero-order chi connectivity index (χ0) is 15.2. The zero-order valence-corrected chi connectivity index (χ0v) is 13.9. The van der Waals surface area contributed by atoms with Crippen molar-refractivity contribution in [1.82, 2.24) is 10.3 Å². The maximum atomic E-state index is 6.35. The molecule has 1 aromatic carbocycles. The van der Waals surface area contributed by atoms with Crippen LogP contribution in [0.3, 0.4) is 0 Å². The number of pyridine rings is 1. The minimum atomic E-state index is 0.143. The van der Waals surface area contributed by atoms with E-state index in [1.807, 2.05) is 25.3 Å². The standard InChI is InChI=1S/C17H20Cl2N2/c1-3-8-20-17(10-14-6-4-12(2)11-21-14)15-7-5-13(18)9-16(15)19/h4-7,9,11,17,20H,3,8,10H2,1-2H3. The molecule has 2 rings (SSSR count). The van der Waals surface area contributed by atoms with Crippen LogP contribution < -0.4 is 5.32 Å². The first-order valence-corrected chi connectivity index (χ1v) is 7.95. The molecule has 0 radical (unpaired) electrons. The number of rotatable bonds is 6. The Balaban J connectivity index is 2.22. The predicted octanol–water partition coefficient (Wildman–Crippen LogP) is 4.98. The number of nitrogens with zero attached hydrogens (tertiary/aromatic N) is 1. The van der Waals surface area contributed by atoms with Gasteiger partial charge in [-0.3, -0.25) is 4.98 Å². The van der Waals surface area contributed by atoms with Gasteiger partial charge in [0.15, 0.2) is 0 Å². The minimum absolute atomic E-state index is 0.143. The first-order valence-electron chi connectivity index (χ1n) is 7.20. The molecule has 0 amide bonds. The molecule has 0 bridgehead atoms. The van der Waals surface area contributed by atoms with Gasteiger partial charge >= 0.3 is 0 Å². The van der Waals surface area contributed by atoms with E-state index in [2.05, 4.69) is 29.4 Å². The molecule has 0 spiro atoms. The molecule has 21 heavy (non-hydrogen) atoms. The average molecular weight is 323 g/mol. The Morgan fingerprint density at radius 3 is 2.62 bits per heavy atom. The lowest BCUT2D eigenvalue weighted by Gasteiger charge is -2.20. The maximum absolute atomic E-state index is 6.35. The molecule has 0 saturated carbocycles. The summed E-state index contributed by atoms with van der Waals surface area (Å²) in [4.78, 5) is 4.49. The van der Waals surface area contributed by atoms with Gasteiger partial charge < -0.3 is 5.32 Å². The number of halogens is 2. The summed E-state index contributed by atoms with van der Waals surface area (Å²) in [6.07, 6.45) is 3.78. The van der Waals surface area contributed by atoms with Crippen molar-refractivity contribution in [3.05, 3.63) is 63.4 Å². The first kappa shape index (κ1) is 16.3. The van der Waals surface area contributed by atoms with E-state index in [-0.39, 0.29) is 6.04 Å². The highest BCUT2D eigenvalue weighted by atomic mass is 35.5. The quantitative estimate of drug-likeness (QED) is 0.811. The van der Waals surface area contributed by atoms with Gasteiger partial charge in [-0.05, 0) is 49.2 Å². The summed E-state index contributed by atoms with van der Waals surface area (Å²) in [5.41, 5.74) is 3.29. The van der Waals surface area contributed by atoms with Crippen LogP contribution in [0.4, 0.5) is 0 Å². The van der Waals surface area contributed by atoms with E-state index in [4.69, 9.17) is 23.2 Å². The third-order valence-corrected chi connectivity index (χ3v) is 3.93. The Kier molecular flexibility index (Phi) is 6.04. The minimum Gasteiger partial charge on any atom is -0.310 e. The molecule has 0 fully saturated rings. The third-order valence-electron chi connectivity index (χ3n) is 3.36. The maximum Gasteiger partial charge on any atom is 0.0468 e. The molecule has 112 valence electrons. The van der Waals surface area contributed by atoms with Gasteiger partial charge in [0.1, 0.15) is 0 Å². The SMILES string of the molecule is CCCNC(Cc1ccc(C)cn1)c1ccc(Cl)cc1Cl. The molecule has 2 aromatic rings. The largest absolute Gasteiger partial charge is 0.310 e. The number of aryl methyl sites for hydroxylation is 1. The van der Waals surface area contributed by atoms with Crippen LogP contribution >= 0.6 is 23.2 Å². The summed E-state index contributed by atoms with van der Waals surface area (Å²) in [6, 6.07) is 9.97. The Morgan fingerprint density at radius 1 is 1.19 bits per heavy atom. The first-order chi connectivity index (χ1) is 10.1. The van der Waals surface area contributed by atoms with Crippen LogP contribution in [-0.2, 0) is 6.42 Å². The van der Waals surface area contributed by atoms with Gasteiger partial charge in [-0.2, -0.15) is 0 Å². The van der Waals surface area contributed by atoms with Crippen molar-refractivity contribution in [2.24, 2.45) is 0 Å². The molecular formula is C17H20Cl2N2. The van der Waals surface area contributed by atoms with Crippen LogP contribution in [0.1, 0.15) is 36.2 Å². The summed E-state index contributed by atoms with van der Waals surface area (Å²) < 4.78 is 0. The highest BCUT2D eigenvalue weighted by Gasteiger charge is 2.15. The highest BCUT2D eigenvalue weighted by Crippen LogP contribution is 2.28. The van der Waals surface area contributed by atoms with E-state index < -0.39 is 0 Å². The molecular weight excluding hydrogens is 303 g/mol. The summed E-state index contributed by atoms with van der Waals surface area (Å²) in [5, 5.41) is 4.90. The fourth-order valence-electron chi connectivity index (χ4n) is 2.22. The van der Waals surface area contributed by atoms with Gasteiger partial charge in [0.05, 0.1) is 0 Å². The zero-order valence-electron chi connectivity index (χ0n) is 12.4. The van der Waals surface area contributed by atoms with Crippen molar-refractivity contribution in [3.8, 4) is 0 Å². The van der Waals surface area contributed by atoms with Crippen molar-refractivity contribution in [2.45, 2.75) is 32.7 Å². The molecule has 0 aliphatic heterocycles. The Bertz CT molecular complexity index is 582. The van der Waals surface area contributed by atoms with E-state index in [9.17, 15) is 0 Å². The van der Waals surface area contributed by atoms with Crippen molar-refractivity contribution in [2.75, 3.05) is 6.54 Å². The van der Waals surface area contributed by atoms with Crippen LogP contribution in [0, 0.1) is 6.92 Å². The van der Waals surface area contributed by atoms with Gasteiger partial charge in [0.2, 0.25) is 0 Å². The lowest BCUT2D eigenvalue weighted by molar-refractivity contribution is 0.524. The predicted molar refractivity (Wildman–Crippen MR) is 90.2 cm³/mol. The third kappa shape index (κ3) is 4.70. The summed E-state index contributed by atoms with van der Waals surface area (Å²) in [5.74, 6) is 0. The second-order valence-electron chi connectivity index (χ2n) is 5.20. The summed E-state index contributed by atoms with van der Waals surface area (Å²) in [7, 11) is 0. The van der Waals surface area contributed by atoms with Crippen molar-refractivity contribution < 1.29 is 0 Å². The van der Waals surface area contributed by atoms with Crippen molar-refractivity contribution in [1.29, 1.82) is 0 Å². The van der Waals surface area contributed by atoms with Gasteiger partial charge in [0, 0.05) is 34.4 Å². The van der Waals surface area contributed by atoms with Gasteiger partial charge in [-0.15, -0.1) is 0 Å². The fraction of sp³-hybridized carbons (Fsp3) is 0.353. The van der Waals surface area contributed by atoms with E-state index in [0.29, 0.717) is 10.0 Å². The molecule has 1 aromatic heterocycles. The average Bonchev–Trinajstić information content (AvgIpc) is 2.46. The smallest absolute Gasteiger partial charge is 0.0468 e. The Labute approximate surface area is 136 Å².